The standard InChI is InChI=1S/C28H24N6O2/c35-26(31-23-10-3-1-4-11-23)15-14-24-19-34(25-12-5-2-6-13-25)28(32-24)33-27(36)21-9-7-8-20(16-21)22-17-29-30-18-22/h1-13,16-19H,14-15H2,(H,29,30)(H,31,35)(H,32,33,36). The topological polar surface area (TPSA) is 105 Å². The Morgan fingerprint density at radius 2 is 1.64 bits per heavy atom. The van der Waals surface area contributed by atoms with Crippen LogP contribution in [0.3, 0.4) is 0 Å². The first kappa shape index (κ1) is 22.8. The molecule has 0 aliphatic rings. The van der Waals surface area contributed by atoms with Gasteiger partial charge < -0.3 is 5.32 Å². The maximum Gasteiger partial charge on any atom is 0.258 e. The van der Waals surface area contributed by atoms with Crippen LogP contribution in [0.25, 0.3) is 16.8 Å². The summed E-state index contributed by atoms with van der Waals surface area (Å²) in [5.74, 6) is 0.00647. The molecular formula is C28H24N6O2. The van der Waals surface area contributed by atoms with E-state index >= 15 is 0 Å². The lowest BCUT2D eigenvalue weighted by Crippen LogP contribution is -2.15. The number of carbonyl (C=O) groups excluding carboxylic acids is 2. The molecule has 0 radical (unpaired) electrons. The number of nitrogens with zero attached hydrogens (tertiary/aromatic N) is 3. The molecule has 8 nitrogen and oxygen atoms in total. The van der Waals surface area contributed by atoms with Crippen LogP contribution in [0.5, 0.6) is 0 Å². The number of anilines is 2. The highest BCUT2D eigenvalue weighted by Crippen LogP contribution is 2.22. The van der Waals surface area contributed by atoms with Crippen LogP contribution in [0.15, 0.2) is 104 Å². The van der Waals surface area contributed by atoms with Crippen LogP contribution in [-0.4, -0.2) is 31.6 Å². The molecule has 0 aliphatic heterocycles. The van der Waals surface area contributed by atoms with Crippen LogP contribution < -0.4 is 10.6 Å². The van der Waals surface area contributed by atoms with Crippen LogP contribution in [0.1, 0.15) is 22.5 Å². The van der Waals surface area contributed by atoms with E-state index in [1.807, 2.05) is 89.6 Å². The zero-order valence-corrected chi connectivity index (χ0v) is 19.4. The Kier molecular flexibility index (Phi) is 6.66. The van der Waals surface area contributed by atoms with Gasteiger partial charge in [0.25, 0.3) is 5.91 Å². The smallest absolute Gasteiger partial charge is 0.258 e. The fourth-order valence-corrected chi connectivity index (χ4v) is 3.83. The van der Waals surface area contributed by atoms with E-state index in [1.165, 1.54) is 0 Å². The number of rotatable bonds is 8. The molecule has 0 fully saturated rings. The Balaban J connectivity index is 1.34. The molecule has 5 aromatic rings. The zero-order valence-electron chi connectivity index (χ0n) is 19.4. The third kappa shape index (κ3) is 5.39. The molecule has 5 rings (SSSR count). The van der Waals surface area contributed by atoms with Gasteiger partial charge in [0.1, 0.15) is 0 Å². The summed E-state index contributed by atoms with van der Waals surface area (Å²) in [5, 5.41) is 12.6. The summed E-state index contributed by atoms with van der Waals surface area (Å²) < 4.78 is 1.82. The van der Waals surface area contributed by atoms with Gasteiger partial charge in [-0.25, -0.2) is 4.98 Å². The number of nitrogens with one attached hydrogen (secondary N) is 3. The van der Waals surface area contributed by atoms with Gasteiger partial charge in [-0.15, -0.1) is 0 Å². The van der Waals surface area contributed by atoms with Gasteiger partial charge in [0.15, 0.2) is 0 Å². The van der Waals surface area contributed by atoms with Gasteiger partial charge in [-0.3, -0.25) is 24.6 Å². The van der Waals surface area contributed by atoms with Crippen molar-refractivity contribution in [3.8, 4) is 16.8 Å². The number of amides is 2. The number of para-hydroxylation sites is 2. The van der Waals surface area contributed by atoms with E-state index in [0.717, 1.165) is 22.5 Å². The first-order valence-corrected chi connectivity index (χ1v) is 11.5. The molecule has 178 valence electrons. The van der Waals surface area contributed by atoms with E-state index in [0.29, 0.717) is 23.6 Å². The third-order valence-electron chi connectivity index (χ3n) is 5.64. The van der Waals surface area contributed by atoms with Crippen LogP contribution in [-0.2, 0) is 11.2 Å². The molecular weight excluding hydrogens is 452 g/mol. The lowest BCUT2D eigenvalue weighted by atomic mass is 10.1. The number of hydrogen-bond acceptors (Lipinski definition) is 4. The molecule has 0 unspecified atom stereocenters. The Labute approximate surface area is 208 Å². The number of imidazole rings is 1. The van der Waals surface area contributed by atoms with Gasteiger partial charge in [-0.1, -0.05) is 48.5 Å². The van der Waals surface area contributed by atoms with Gasteiger partial charge in [0.05, 0.1) is 11.9 Å². The molecule has 3 N–H and O–H groups in total. The van der Waals surface area contributed by atoms with Crippen LogP contribution >= 0.6 is 0 Å². The molecule has 3 aromatic carbocycles. The number of aryl methyl sites for hydroxylation is 1. The van der Waals surface area contributed by atoms with Crippen LogP contribution in [0, 0.1) is 0 Å². The van der Waals surface area contributed by atoms with Crippen molar-refractivity contribution in [3.63, 3.8) is 0 Å². The second-order valence-electron chi connectivity index (χ2n) is 8.20. The first-order valence-electron chi connectivity index (χ1n) is 11.5. The quantitative estimate of drug-likeness (QED) is 0.290. The van der Waals surface area contributed by atoms with Crippen molar-refractivity contribution in [2.24, 2.45) is 0 Å². The first-order chi connectivity index (χ1) is 17.7. The molecule has 8 heteroatoms. The Morgan fingerprint density at radius 1 is 0.861 bits per heavy atom. The molecule has 0 atom stereocenters. The summed E-state index contributed by atoms with van der Waals surface area (Å²) >= 11 is 0. The Hall–Kier alpha value is -4.98. The van der Waals surface area contributed by atoms with Crippen LogP contribution in [0.2, 0.25) is 0 Å². The summed E-state index contributed by atoms with van der Waals surface area (Å²) in [4.78, 5) is 30.2. The lowest BCUT2D eigenvalue weighted by Gasteiger charge is -2.09. The van der Waals surface area contributed by atoms with Crippen LogP contribution in [0.4, 0.5) is 11.6 Å². The number of benzene rings is 3. The van der Waals surface area contributed by atoms with Gasteiger partial charge in [-0.2, -0.15) is 5.10 Å². The maximum atomic E-state index is 13.1. The van der Waals surface area contributed by atoms with Crippen molar-refractivity contribution in [1.29, 1.82) is 0 Å². The summed E-state index contributed by atoms with van der Waals surface area (Å²) in [6.07, 6.45) is 6.03. The van der Waals surface area contributed by atoms with Crippen molar-refractivity contribution in [3.05, 3.63) is 115 Å². The highest BCUT2D eigenvalue weighted by Gasteiger charge is 2.16. The number of carbonyl (C=O) groups is 2. The number of H-pyrrole nitrogens is 1. The fourth-order valence-electron chi connectivity index (χ4n) is 3.83. The monoisotopic (exact) mass is 476 g/mol. The molecule has 36 heavy (non-hydrogen) atoms. The van der Waals surface area contributed by atoms with Gasteiger partial charge in [-0.05, 0) is 42.0 Å². The van der Waals surface area contributed by atoms with Gasteiger partial charge in [0.2, 0.25) is 11.9 Å². The average Bonchev–Trinajstić information content (AvgIpc) is 3.59. The highest BCUT2D eigenvalue weighted by atomic mass is 16.2. The predicted octanol–water partition coefficient (Wildman–Crippen LogP) is 5.09. The summed E-state index contributed by atoms with van der Waals surface area (Å²) in [7, 11) is 0. The summed E-state index contributed by atoms with van der Waals surface area (Å²) in [5.41, 5.74) is 4.58. The van der Waals surface area contributed by atoms with E-state index < -0.39 is 0 Å². The minimum absolute atomic E-state index is 0.0999. The number of hydrogen-bond donors (Lipinski definition) is 3. The molecule has 2 heterocycles. The van der Waals surface area contributed by atoms with Crippen molar-refractivity contribution in [1.82, 2.24) is 19.7 Å². The second-order valence-corrected chi connectivity index (χ2v) is 8.20. The van der Waals surface area contributed by atoms with E-state index in [4.69, 9.17) is 0 Å². The van der Waals surface area contributed by atoms with E-state index in [2.05, 4.69) is 25.8 Å². The SMILES string of the molecule is O=C(CCc1cn(-c2ccccc2)c(NC(=O)c2cccc(-c3cn[nH]c3)c2)n1)Nc1ccccc1. The summed E-state index contributed by atoms with van der Waals surface area (Å²) in [6.45, 7) is 0. The van der Waals surface area contributed by atoms with Crippen molar-refractivity contribution >= 4 is 23.5 Å². The normalized spacial score (nSPS) is 10.7. The second kappa shape index (κ2) is 10.5. The molecule has 0 aliphatic carbocycles. The molecule has 0 saturated carbocycles. The molecule has 0 spiro atoms. The van der Waals surface area contributed by atoms with E-state index in [9.17, 15) is 9.59 Å². The molecule has 2 aromatic heterocycles. The highest BCUT2D eigenvalue weighted by molar-refractivity contribution is 6.04. The molecule has 0 saturated heterocycles. The zero-order chi connectivity index (χ0) is 24.7. The molecule has 2 amide bonds. The number of aromatic nitrogens is 4. The average molecular weight is 477 g/mol. The Morgan fingerprint density at radius 3 is 2.39 bits per heavy atom. The largest absolute Gasteiger partial charge is 0.326 e. The Bertz CT molecular complexity index is 1460. The number of aromatic amines is 1. The van der Waals surface area contributed by atoms with Crippen molar-refractivity contribution in [2.45, 2.75) is 12.8 Å². The van der Waals surface area contributed by atoms with E-state index in [-0.39, 0.29) is 18.2 Å². The van der Waals surface area contributed by atoms with Gasteiger partial charge in [0, 0.05) is 47.7 Å². The van der Waals surface area contributed by atoms with E-state index in [1.54, 1.807) is 18.5 Å². The van der Waals surface area contributed by atoms with Crippen molar-refractivity contribution < 1.29 is 9.59 Å². The lowest BCUT2D eigenvalue weighted by molar-refractivity contribution is -0.116. The molecule has 0 bridgehead atoms. The summed E-state index contributed by atoms with van der Waals surface area (Å²) in [6, 6.07) is 26.3. The minimum Gasteiger partial charge on any atom is -0.326 e. The third-order valence-corrected chi connectivity index (χ3v) is 5.64. The van der Waals surface area contributed by atoms with Crippen molar-refractivity contribution in [2.75, 3.05) is 10.6 Å². The van der Waals surface area contributed by atoms with Gasteiger partial charge >= 0.3 is 0 Å². The predicted molar refractivity (Wildman–Crippen MR) is 139 cm³/mol. The minimum atomic E-state index is -0.281. The fraction of sp³-hybridized carbons (Fsp3) is 0.0714. The maximum absolute atomic E-state index is 13.1.